The number of aliphatic hydroxyl groups excluding tert-OH is 1. The first-order valence-electron chi connectivity index (χ1n) is 12.4. The molecule has 1 unspecified atom stereocenters. The molecule has 1 atom stereocenters. The van der Waals surface area contributed by atoms with Crippen LogP contribution in [0.4, 0.5) is 0 Å². The van der Waals surface area contributed by atoms with Gasteiger partial charge in [-0.25, -0.2) is 0 Å². The highest BCUT2D eigenvalue weighted by Crippen LogP contribution is 2.44. The number of hydrogen-bond acceptors (Lipinski definition) is 1. The molecule has 28 heavy (non-hydrogen) atoms. The van der Waals surface area contributed by atoms with E-state index in [1.54, 1.807) is 0 Å². The van der Waals surface area contributed by atoms with Crippen molar-refractivity contribution in [3.05, 3.63) is 35.4 Å². The van der Waals surface area contributed by atoms with Gasteiger partial charge in [0, 0.05) is 0 Å². The minimum Gasteiger partial charge on any atom is -0.388 e. The van der Waals surface area contributed by atoms with Crippen LogP contribution in [0.2, 0.25) is 0 Å². The van der Waals surface area contributed by atoms with Gasteiger partial charge in [-0.2, -0.15) is 0 Å². The van der Waals surface area contributed by atoms with Gasteiger partial charge in [-0.3, -0.25) is 0 Å². The van der Waals surface area contributed by atoms with Crippen molar-refractivity contribution in [3.8, 4) is 0 Å². The molecule has 1 aromatic rings. The van der Waals surface area contributed by atoms with Crippen molar-refractivity contribution in [1.29, 1.82) is 0 Å². The highest BCUT2D eigenvalue weighted by Gasteiger charge is 2.31. The summed E-state index contributed by atoms with van der Waals surface area (Å²) in [7, 11) is 0. The zero-order valence-electron chi connectivity index (χ0n) is 18.7. The SMILES string of the molecule is CCCCCC1CCC(C2CCC(c3ccc(C(O)C(C)C)cc3)CC2)CC1. The molecule has 1 N–H and O–H groups in total. The Hall–Kier alpha value is -0.820. The smallest absolute Gasteiger partial charge is 0.0812 e. The molecule has 0 amide bonds. The van der Waals surface area contributed by atoms with Crippen molar-refractivity contribution < 1.29 is 5.11 Å². The molecule has 2 saturated carbocycles. The highest BCUT2D eigenvalue weighted by atomic mass is 16.3. The monoisotopic (exact) mass is 384 g/mol. The van der Waals surface area contributed by atoms with Crippen molar-refractivity contribution in [3.63, 3.8) is 0 Å². The number of benzene rings is 1. The Kier molecular flexibility index (Phi) is 8.45. The molecule has 158 valence electrons. The lowest BCUT2D eigenvalue weighted by Crippen LogP contribution is -2.25. The standard InChI is InChI=1S/C27H44O/c1-4-5-6-7-21-8-10-22(11-9-21)23-12-14-24(15-13-23)25-16-18-26(19-17-25)27(28)20(2)3/h16-24,27-28H,4-15H2,1-3H3. The van der Waals surface area contributed by atoms with E-state index in [0.29, 0.717) is 0 Å². The Labute approximate surface area is 174 Å². The molecule has 2 aliphatic carbocycles. The average Bonchev–Trinajstić information content (AvgIpc) is 2.74. The zero-order chi connectivity index (χ0) is 19.9. The summed E-state index contributed by atoms with van der Waals surface area (Å²) in [6.45, 7) is 6.48. The summed E-state index contributed by atoms with van der Waals surface area (Å²) in [5.74, 6) is 4.08. The Bertz CT molecular complexity index is 544. The molecule has 0 spiro atoms. The fraction of sp³-hybridized carbons (Fsp3) is 0.778. The van der Waals surface area contributed by atoms with Gasteiger partial charge in [0.1, 0.15) is 0 Å². The molecule has 0 aliphatic heterocycles. The molecule has 0 bridgehead atoms. The van der Waals surface area contributed by atoms with Crippen LogP contribution >= 0.6 is 0 Å². The van der Waals surface area contributed by atoms with Crippen LogP contribution in [0, 0.1) is 23.7 Å². The van der Waals surface area contributed by atoms with Crippen molar-refractivity contribution >= 4 is 0 Å². The van der Waals surface area contributed by atoms with Crippen molar-refractivity contribution in [2.24, 2.45) is 23.7 Å². The van der Waals surface area contributed by atoms with Gasteiger partial charge in [0.15, 0.2) is 0 Å². The van der Waals surface area contributed by atoms with Crippen molar-refractivity contribution in [2.45, 2.75) is 110 Å². The van der Waals surface area contributed by atoms with Gasteiger partial charge in [0.25, 0.3) is 0 Å². The third-order valence-corrected chi connectivity index (χ3v) is 7.93. The van der Waals surface area contributed by atoms with Gasteiger partial charge >= 0.3 is 0 Å². The molecule has 0 saturated heterocycles. The number of hydrogen-bond donors (Lipinski definition) is 1. The molecule has 3 rings (SSSR count). The van der Waals surface area contributed by atoms with Gasteiger partial charge in [-0.15, -0.1) is 0 Å². The molecule has 2 aliphatic rings. The van der Waals surface area contributed by atoms with Crippen LogP contribution < -0.4 is 0 Å². The van der Waals surface area contributed by atoms with Gasteiger partial charge < -0.3 is 5.11 Å². The maximum Gasteiger partial charge on any atom is 0.0812 e. The summed E-state index contributed by atoms with van der Waals surface area (Å²) in [6, 6.07) is 8.89. The lowest BCUT2D eigenvalue weighted by Gasteiger charge is -2.38. The summed E-state index contributed by atoms with van der Waals surface area (Å²) >= 11 is 0. The highest BCUT2D eigenvalue weighted by molar-refractivity contribution is 5.27. The molecule has 0 heterocycles. The summed E-state index contributed by atoms with van der Waals surface area (Å²) in [5.41, 5.74) is 2.57. The molecule has 0 aromatic heterocycles. The van der Waals surface area contributed by atoms with E-state index in [0.717, 1.165) is 29.2 Å². The first kappa shape index (κ1) is 21.9. The van der Waals surface area contributed by atoms with Crippen molar-refractivity contribution in [1.82, 2.24) is 0 Å². The second-order valence-corrected chi connectivity index (χ2v) is 10.2. The quantitative estimate of drug-likeness (QED) is 0.450. The Balaban J connectivity index is 1.42. The zero-order valence-corrected chi connectivity index (χ0v) is 18.7. The van der Waals surface area contributed by atoms with Crippen LogP contribution in [0.15, 0.2) is 24.3 Å². The lowest BCUT2D eigenvalue weighted by molar-refractivity contribution is 0.127. The normalized spacial score (nSPS) is 29.8. The predicted octanol–water partition coefficient (Wildman–Crippen LogP) is 8.04. The summed E-state index contributed by atoms with van der Waals surface area (Å²) < 4.78 is 0. The fourth-order valence-electron chi connectivity index (χ4n) is 5.91. The van der Waals surface area contributed by atoms with E-state index in [2.05, 4.69) is 45.0 Å². The molecule has 2 fully saturated rings. The Morgan fingerprint density at radius 2 is 1.39 bits per heavy atom. The molecule has 1 heteroatoms. The van der Waals surface area contributed by atoms with Crippen LogP contribution in [0.25, 0.3) is 0 Å². The van der Waals surface area contributed by atoms with E-state index in [1.807, 2.05) is 0 Å². The number of unbranched alkanes of at least 4 members (excludes halogenated alkanes) is 2. The Morgan fingerprint density at radius 3 is 1.93 bits per heavy atom. The van der Waals surface area contributed by atoms with Crippen LogP contribution in [-0.2, 0) is 0 Å². The predicted molar refractivity (Wildman–Crippen MR) is 121 cm³/mol. The van der Waals surface area contributed by atoms with E-state index in [1.165, 1.54) is 82.6 Å². The third-order valence-electron chi connectivity index (χ3n) is 7.93. The average molecular weight is 385 g/mol. The molecule has 0 radical (unpaired) electrons. The summed E-state index contributed by atoms with van der Waals surface area (Å²) in [4.78, 5) is 0. The number of rotatable bonds is 8. The second-order valence-electron chi connectivity index (χ2n) is 10.2. The summed E-state index contributed by atoms with van der Waals surface area (Å²) in [5, 5.41) is 10.3. The Morgan fingerprint density at radius 1 is 0.821 bits per heavy atom. The molecular weight excluding hydrogens is 340 g/mol. The van der Waals surface area contributed by atoms with Crippen LogP contribution in [0.3, 0.4) is 0 Å². The van der Waals surface area contributed by atoms with E-state index in [-0.39, 0.29) is 12.0 Å². The minimum absolute atomic E-state index is 0.281. The van der Waals surface area contributed by atoms with E-state index in [9.17, 15) is 5.11 Å². The van der Waals surface area contributed by atoms with Gasteiger partial charge in [0.05, 0.1) is 6.10 Å². The molecular formula is C27H44O. The second kappa shape index (κ2) is 10.8. The number of aliphatic hydroxyl groups is 1. The fourth-order valence-corrected chi connectivity index (χ4v) is 5.91. The van der Waals surface area contributed by atoms with Gasteiger partial charge in [-0.1, -0.05) is 83.6 Å². The van der Waals surface area contributed by atoms with E-state index < -0.39 is 0 Å². The maximum absolute atomic E-state index is 10.3. The molecule has 1 nitrogen and oxygen atoms in total. The largest absolute Gasteiger partial charge is 0.388 e. The maximum atomic E-state index is 10.3. The van der Waals surface area contributed by atoms with Gasteiger partial charge in [0.2, 0.25) is 0 Å². The van der Waals surface area contributed by atoms with E-state index >= 15 is 0 Å². The van der Waals surface area contributed by atoms with E-state index in [4.69, 9.17) is 0 Å². The minimum atomic E-state index is -0.332. The van der Waals surface area contributed by atoms with Crippen molar-refractivity contribution in [2.75, 3.05) is 0 Å². The molecule has 1 aromatic carbocycles. The van der Waals surface area contributed by atoms with Crippen LogP contribution in [0.5, 0.6) is 0 Å². The lowest BCUT2D eigenvalue weighted by atomic mass is 9.68. The summed E-state index contributed by atoms with van der Waals surface area (Å²) in [6.07, 6.45) is 17.1. The first-order chi connectivity index (χ1) is 13.6. The van der Waals surface area contributed by atoms with Crippen LogP contribution in [-0.4, -0.2) is 5.11 Å². The first-order valence-corrected chi connectivity index (χ1v) is 12.4. The third kappa shape index (κ3) is 5.85. The topological polar surface area (TPSA) is 20.2 Å². The van der Waals surface area contributed by atoms with Crippen LogP contribution in [0.1, 0.15) is 121 Å². The van der Waals surface area contributed by atoms with Gasteiger partial charge in [-0.05, 0) is 79.2 Å².